The summed E-state index contributed by atoms with van der Waals surface area (Å²) in [6.07, 6.45) is 0.483. The van der Waals surface area contributed by atoms with Crippen LogP contribution in [0.2, 0.25) is 0 Å². The number of hydrogen-bond donors (Lipinski definition) is 0. The third-order valence-electron chi connectivity index (χ3n) is 2.83. The number of Topliss-reactive ketones (excluding diaryl/α,β-unsaturated/α-hetero) is 1. The molecule has 1 aromatic rings. The highest BCUT2D eigenvalue weighted by atomic mass is 16.5. The van der Waals surface area contributed by atoms with Crippen molar-refractivity contribution in [3.63, 3.8) is 0 Å². The number of benzene rings is 1. The number of methoxy groups -OCH3 is 2. The quantitative estimate of drug-likeness (QED) is 0.788. The minimum Gasteiger partial charge on any atom is -0.497 e. The number of carbonyl (C=O) groups excluding carboxylic acids is 1. The third kappa shape index (κ3) is 3.22. The van der Waals surface area contributed by atoms with Crippen molar-refractivity contribution in [2.24, 2.45) is 0 Å². The van der Waals surface area contributed by atoms with Crippen LogP contribution in [0.25, 0.3) is 0 Å². The molecule has 0 radical (unpaired) electrons. The van der Waals surface area contributed by atoms with Gasteiger partial charge < -0.3 is 9.47 Å². The Kier molecular flexibility index (Phi) is 4.16. The number of ketones is 1. The molecule has 3 nitrogen and oxygen atoms in total. The van der Waals surface area contributed by atoms with E-state index in [-0.39, 0.29) is 11.2 Å². The van der Waals surface area contributed by atoms with Crippen LogP contribution in [0.15, 0.2) is 18.2 Å². The lowest BCUT2D eigenvalue weighted by atomic mass is 9.80. The molecule has 0 atom stereocenters. The molecule has 0 unspecified atom stereocenters. The van der Waals surface area contributed by atoms with Crippen molar-refractivity contribution < 1.29 is 14.3 Å². The van der Waals surface area contributed by atoms with E-state index < -0.39 is 0 Å². The topological polar surface area (TPSA) is 35.5 Å². The van der Waals surface area contributed by atoms with Crippen LogP contribution in [-0.2, 0) is 10.2 Å². The maximum absolute atomic E-state index is 11.3. The molecule has 0 aromatic heterocycles. The fraction of sp³-hybridized carbons (Fsp3) is 0.500. The SMILES string of the molecule is COc1ccc(OC)c(C(C)(C)CC(C)=O)c1. The zero-order valence-electron chi connectivity index (χ0n) is 11.2. The molecule has 0 spiro atoms. The van der Waals surface area contributed by atoms with Gasteiger partial charge in [-0.3, -0.25) is 4.79 Å². The second-order valence-electron chi connectivity index (χ2n) is 4.83. The van der Waals surface area contributed by atoms with Crippen LogP contribution in [0.4, 0.5) is 0 Å². The van der Waals surface area contributed by atoms with Gasteiger partial charge in [-0.2, -0.15) is 0 Å². The van der Waals surface area contributed by atoms with Crippen molar-refractivity contribution in [3.05, 3.63) is 23.8 Å². The zero-order chi connectivity index (χ0) is 13.1. The molecule has 0 fully saturated rings. The van der Waals surface area contributed by atoms with Gasteiger partial charge in [-0.05, 0) is 25.1 Å². The van der Waals surface area contributed by atoms with Crippen molar-refractivity contribution in [3.8, 4) is 11.5 Å². The number of carbonyl (C=O) groups is 1. The Bertz CT molecular complexity index is 408. The van der Waals surface area contributed by atoms with Crippen LogP contribution in [-0.4, -0.2) is 20.0 Å². The van der Waals surface area contributed by atoms with Crippen molar-refractivity contribution in [2.75, 3.05) is 14.2 Å². The van der Waals surface area contributed by atoms with Gasteiger partial charge in [0.2, 0.25) is 0 Å². The van der Waals surface area contributed by atoms with Gasteiger partial charge >= 0.3 is 0 Å². The Balaban J connectivity index is 3.21. The third-order valence-corrected chi connectivity index (χ3v) is 2.83. The highest BCUT2D eigenvalue weighted by Crippen LogP contribution is 2.36. The largest absolute Gasteiger partial charge is 0.497 e. The van der Waals surface area contributed by atoms with Crippen molar-refractivity contribution >= 4 is 5.78 Å². The molecule has 0 aliphatic rings. The van der Waals surface area contributed by atoms with E-state index in [9.17, 15) is 4.79 Å². The summed E-state index contributed by atoms with van der Waals surface area (Å²) in [5.74, 6) is 1.73. The van der Waals surface area contributed by atoms with E-state index in [1.54, 1.807) is 21.1 Å². The molecule has 0 amide bonds. The summed E-state index contributed by atoms with van der Waals surface area (Å²) in [5, 5.41) is 0. The lowest BCUT2D eigenvalue weighted by molar-refractivity contribution is -0.118. The summed E-state index contributed by atoms with van der Waals surface area (Å²) in [4.78, 5) is 11.3. The van der Waals surface area contributed by atoms with E-state index in [1.807, 2.05) is 32.0 Å². The van der Waals surface area contributed by atoms with Crippen LogP contribution in [0.5, 0.6) is 11.5 Å². The molecule has 1 aromatic carbocycles. The second-order valence-corrected chi connectivity index (χ2v) is 4.83. The first-order chi connectivity index (χ1) is 7.90. The normalized spacial score (nSPS) is 11.1. The fourth-order valence-electron chi connectivity index (χ4n) is 2.06. The fourth-order valence-corrected chi connectivity index (χ4v) is 2.06. The molecule has 0 aliphatic carbocycles. The van der Waals surface area contributed by atoms with E-state index in [2.05, 4.69) is 0 Å². The molecule has 0 heterocycles. The molecule has 3 heteroatoms. The molecule has 0 saturated heterocycles. The van der Waals surface area contributed by atoms with Crippen LogP contribution < -0.4 is 9.47 Å². The number of hydrogen-bond acceptors (Lipinski definition) is 3. The molecular formula is C14H20O3. The minimum absolute atomic E-state index is 0.167. The number of ether oxygens (including phenoxy) is 2. The Morgan fingerprint density at radius 2 is 1.88 bits per heavy atom. The molecule has 0 saturated carbocycles. The van der Waals surface area contributed by atoms with Gasteiger partial charge in [0.15, 0.2) is 0 Å². The molecule has 0 aliphatic heterocycles. The molecule has 1 rings (SSSR count). The zero-order valence-corrected chi connectivity index (χ0v) is 11.2. The first-order valence-corrected chi connectivity index (χ1v) is 5.62. The molecular weight excluding hydrogens is 216 g/mol. The van der Waals surface area contributed by atoms with E-state index in [0.29, 0.717) is 6.42 Å². The van der Waals surface area contributed by atoms with Gasteiger partial charge in [0, 0.05) is 17.4 Å². The van der Waals surface area contributed by atoms with Crippen LogP contribution in [0, 0.1) is 0 Å². The van der Waals surface area contributed by atoms with Crippen LogP contribution >= 0.6 is 0 Å². The molecule has 17 heavy (non-hydrogen) atoms. The predicted molar refractivity (Wildman–Crippen MR) is 67.9 cm³/mol. The van der Waals surface area contributed by atoms with Crippen molar-refractivity contribution in [1.29, 1.82) is 0 Å². The van der Waals surface area contributed by atoms with Crippen LogP contribution in [0.1, 0.15) is 32.8 Å². The average Bonchev–Trinajstić information content (AvgIpc) is 2.26. The average molecular weight is 236 g/mol. The van der Waals surface area contributed by atoms with Gasteiger partial charge in [0.05, 0.1) is 14.2 Å². The molecule has 94 valence electrons. The van der Waals surface area contributed by atoms with Gasteiger partial charge in [-0.25, -0.2) is 0 Å². The summed E-state index contributed by atoms with van der Waals surface area (Å²) < 4.78 is 10.6. The highest BCUT2D eigenvalue weighted by molar-refractivity contribution is 5.77. The Hall–Kier alpha value is -1.51. The first kappa shape index (κ1) is 13.6. The number of rotatable bonds is 5. The van der Waals surface area contributed by atoms with Gasteiger partial charge in [-0.15, -0.1) is 0 Å². The second kappa shape index (κ2) is 5.21. The van der Waals surface area contributed by atoms with Gasteiger partial charge in [-0.1, -0.05) is 13.8 Å². The van der Waals surface area contributed by atoms with E-state index in [0.717, 1.165) is 17.1 Å². The van der Waals surface area contributed by atoms with Crippen molar-refractivity contribution in [2.45, 2.75) is 32.6 Å². The van der Waals surface area contributed by atoms with E-state index >= 15 is 0 Å². The maximum Gasteiger partial charge on any atom is 0.130 e. The molecule has 0 N–H and O–H groups in total. The van der Waals surface area contributed by atoms with E-state index in [1.165, 1.54) is 0 Å². The van der Waals surface area contributed by atoms with Gasteiger partial charge in [0.1, 0.15) is 17.3 Å². The summed E-state index contributed by atoms with van der Waals surface area (Å²) in [6, 6.07) is 5.66. The Labute approximate surface area is 103 Å². The maximum atomic E-state index is 11.3. The highest BCUT2D eigenvalue weighted by Gasteiger charge is 2.26. The lowest BCUT2D eigenvalue weighted by Crippen LogP contribution is -2.21. The van der Waals surface area contributed by atoms with Crippen molar-refractivity contribution in [1.82, 2.24) is 0 Å². The Morgan fingerprint density at radius 1 is 1.24 bits per heavy atom. The van der Waals surface area contributed by atoms with E-state index in [4.69, 9.17) is 9.47 Å². The summed E-state index contributed by atoms with van der Waals surface area (Å²) >= 11 is 0. The minimum atomic E-state index is -0.258. The predicted octanol–water partition coefficient (Wildman–Crippen LogP) is 2.96. The summed E-state index contributed by atoms with van der Waals surface area (Å²) in [5.41, 5.74) is 0.737. The monoisotopic (exact) mass is 236 g/mol. The smallest absolute Gasteiger partial charge is 0.130 e. The van der Waals surface area contributed by atoms with Crippen LogP contribution in [0.3, 0.4) is 0 Å². The summed E-state index contributed by atoms with van der Waals surface area (Å²) in [6.45, 7) is 5.67. The standard InChI is InChI=1S/C14H20O3/c1-10(15)9-14(2,3)12-8-11(16-4)6-7-13(12)17-5/h6-8H,9H2,1-5H3. The first-order valence-electron chi connectivity index (χ1n) is 5.62. The molecule has 0 bridgehead atoms. The lowest BCUT2D eigenvalue weighted by Gasteiger charge is -2.26. The Morgan fingerprint density at radius 3 is 2.35 bits per heavy atom. The van der Waals surface area contributed by atoms with Gasteiger partial charge in [0.25, 0.3) is 0 Å². The summed E-state index contributed by atoms with van der Waals surface area (Å²) in [7, 11) is 3.26.